The monoisotopic (exact) mass is 237 g/mol. The Hall–Kier alpha value is -2.24. The summed E-state index contributed by atoms with van der Waals surface area (Å²) in [6.45, 7) is 2.31. The van der Waals surface area contributed by atoms with E-state index in [1.54, 1.807) is 31.2 Å². The van der Waals surface area contributed by atoms with Gasteiger partial charge in [0.1, 0.15) is 5.75 Å². The first-order chi connectivity index (χ1) is 8.15. The van der Waals surface area contributed by atoms with Gasteiger partial charge in [0.15, 0.2) is 0 Å². The molecule has 0 fully saturated rings. The zero-order valence-corrected chi connectivity index (χ0v) is 9.74. The van der Waals surface area contributed by atoms with E-state index in [9.17, 15) is 9.59 Å². The number of amides is 3. The van der Waals surface area contributed by atoms with Crippen molar-refractivity contribution in [1.82, 2.24) is 10.6 Å². The van der Waals surface area contributed by atoms with Crippen molar-refractivity contribution >= 4 is 17.8 Å². The number of carbonyl (C=O) groups is 2. The van der Waals surface area contributed by atoms with Gasteiger partial charge in [-0.1, -0.05) is 0 Å². The third kappa shape index (κ3) is 4.42. The lowest BCUT2D eigenvalue weighted by Crippen LogP contribution is -2.26. The van der Waals surface area contributed by atoms with Crippen molar-refractivity contribution < 1.29 is 14.3 Å². The first-order valence-corrected chi connectivity index (χ1v) is 5.20. The Morgan fingerprint density at radius 1 is 1.24 bits per heavy atom. The largest absolute Gasteiger partial charge is 0.412 e. The molecule has 92 valence electrons. The van der Waals surface area contributed by atoms with Crippen LogP contribution in [0.3, 0.4) is 0 Å². The number of ether oxygens (including phenoxy) is 1. The molecule has 0 spiro atoms. The van der Waals surface area contributed by atoms with Crippen LogP contribution in [0.2, 0.25) is 0 Å². The number of carbonyl (C=O) groups excluding carboxylic acids is 2. The van der Waals surface area contributed by atoms with Gasteiger partial charge in [-0.15, -0.1) is 0 Å². The first kappa shape index (κ1) is 12.8. The number of urea groups is 1. The Kier molecular flexibility index (Phi) is 4.80. The van der Waals surface area contributed by atoms with Gasteiger partial charge < -0.3 is 20.7 Å². The van der Waals surface area contributed by atoms with Crippen molar-refractivity contribution in [3.05, 3.63) is 24.3 Å². The molecule has 0 aromatic heterocycles. The number of hydrogen-bond acceptors (Lipinski definition) is 3. The van der Waals surface area contributed by atoms with Crippen LogP contribution in [0.15, 0.2) is 24.3 Å². The van der Waals surface area contributed by atoms with Gasteiger partial charge >= 0.3 is 12.1 Å². The van der Waals surface area contributed by atoms with Crippen LogP contribution in [0, 0.1) is 0 Å². The van der Waals surface area contributed by atoms with Gasteiger partial charge in [0.05, 0.1) is 0 Å². The van der Waals surface area contributed by atoms with Crippen molar-refractivity contribution in [3.8, 4) is 5.75 Å². The third-order valence-corrected chi connectivity index (χ3v) is 1.87. The molecular weight excluding hydrogens is 222 g/mol. The van der Waals surface area contributed by atoms with Gasteiger partial charge in [-0.25, -0.2) is 9.59 Å². The molecule has 3 amide bonds. The fourth-order valence-electron chi connectivity index (χ4n) is 1.09. The lowest BCUT2D eigenvalue weighted by atomic mass is 10.3. The summed E-state index contributed by atoms with van der Waals surface area (Å²) in [6, 6.07) is 6.18. The van der Waals surface area contributed by atoms with Gasteiger partial charge in [0, 0.05) is 19.3 Å². The molecule has 0 aliphatic rings. The molecule has 0 heterocycles. The van der Waals surface area contributed by atoms with Crippen LogP contribution in [0.25, 0.3) is 0 Å². The van der Waals surface area contributed by atoms with Crippen molar-refractivity contribution in [2.75, 3.05) is 18.9 Å². The molecule has 0 saturated heterocycles. The molecule has 3 N–H and O–H groups in total. The van der Waals surface area contributed by atoms with E-state index < -0.39 is 6.09 Å². The second-order valence-electron chi connectivity index (χ2n) is 3.15. The molecule has 0 saturated carbocycles. The molecule has 1 aromatic carbocycles. The Bertz CT molecular complexity index is 389. The van der Waals surface area contributed by atoms with E-state index in [0.29, 0.717) is 18.0 Å². The van der Waals surface area contributed by atoms with Crippen LogP contribution in [0.4, 0.5) is 15.3 Å². The molecule has 0 aliphatic carbocycles. The fourth-order valence-corrected chi connectivity index (χ4v) is 1.09. The molecular formula is C11H15N3O3. The van der Waals surface area contributed by atoms with Gasteiger partial charge in [-0.05, 0) is 31.2 Å². The third-order valence-electron chi connectivity index (χ3n) is 1.87. The fraction of sp³-hybridized carbons (Fsp3) is 0.273. The van der Waals surface area contributed by atoms with Crippen molar-refractivity contribution in [2.24, 2.45) is 0 Å². The van der Waals surface area contributed by atoms with Crippen LogP contribution in [0.1, 0.15) is 6.92 Å². The average molecular weight is 237 g/mol. The summed E-state index contributed by atoms with van der Waals surface area (Å²) in [5.41, 5.74) is 0.618. The molecule has 1 aromatic rings. The summed E-state index contributed by atoms with van der Waals surface area (Å²) in [6.07, 6.45) is -0.500. The van der Waals surface area contributed by atoms with Crippen LogP contribution in [-0.2, 0) is 0 Å². The highest BCUT2D eigenvalue weighted by Crippen LogP contribution is 2.15. The van der Waals surface area contributed by atoms with E-state index in [1.165, 1.54) is 7.05 Å². The zero-order valence-electron chi connectivity index (χ0n) is 9.74. The number of nitrogens with one attached hydrogen (secondary N) is 3. The highest BCUT2D eigenvalue weighted by atomic mass is 16.5. The van der Waals surface area contributed by atoms with E-state index >= 15 is 0 Å². The number of anilines is 1. The quantitative estimate of drug-likeness (QED) is 0.746. The topological polar surface area (TPSA) is 79.5 Å². The predicted molar refractivity (Wildman–Crippen MR) is 64.2 cm³/mol. The van der Waals surface area contributed by atoms with Crippen molar-refractivity contribution in [2.45, 2.75) is 6.92 Å². The highest BCUT2D eigenvalue weighted by molar-refractivity contribution is 5.89. The molecule has 1 rings (SSSR count). The molecule has 0 atom stereocenters. The summed E-state index contributed by atoms with van der Waals surface area (Å²) < 4.78 is 4.96. The van der Waals surface area contributed by atoms with E-state index in [2.05, 4.69) is 16.0 Å². The summed E-state index contributed by atoms with van der Waals surface area (Å²) in [7, 11) is 1.53. The molecule has 17 heavy (non-hydrogen) atoms. The molecule has 0 bridgehead atoms. The second-order valence-corrected chi connectivity index (χ2v) is 3.15. The predicted octanol–water partition coefficient (Wildman–Crippen LogP) is 1.55. The molecule has 6 nitrogen and oxygen atoms in total. The summed E-state index contributed by atoms with van der Waals surface area (Å²) in [5, 5.41) is 7.53. The normalized spacial score (nSPS) is 9.29. The summed E-state index contributed by atoms with van der Waals surface area (Å²) in [4.78, 5) is 22.1. The van der Waals surface area contributed by atoms with Crippen LogP contribution >= 0.6 is 0 Å². The van der Waals surface area contributed by atoms with E-state index in [0.717, 1.165) is 0 Å². The minimum absolute atomic E-state index is 0.303. The molecule has 0 radical (unpaired) electrons. The maximum atomic E-state index is 11.1. The van der Waals surface area contributed by atoms with Crippen molar-refractivity contribution in [1.29, 1.82) is 0 Å². The summed E-state index contributed by atoms with van der Waals surface area (Å²) in [5.74, 6) is 0.415. The first-order valence-electron chi connectivity index (χ1n) is 5.20. The molecule has 6 heteroatoms. The van der Waals surface area contributed by atoms with Crippen LogP contribution in [0.5, 0.6) is 5.75 Å². The van der Waals surface area contributed by atoms with Crippen molar-refractivity contribution in [3.63, 3.8) is 0 Å². The minimum Gasteiger partial charge on any atom is -0.410 e. The van der Waals surface area contributed by atoms with E-state index in [1.807, 2.05) is 0 Å². The lowest BCUT2D eigenvalue weighted by Gasteiger charge is -2.07. The Morgan fingerprint density at radius 2 is 1.88 bits per heavy atom. The van der Waals surface area contributed by atoms with E-state index in [-0.39, 0.29) is 6.03 Å². The Labute approximate surface area is 99.3 Å². The maximum Gasteiger partial charge on any atom is 0.412 e. The number of hydrogen-bond donors (Lipinski definition) is 3. The van der Waals surface area contributed by atoms with Gasteiger partial charge in [-0.2, -0.15) is 0 Å². The average Bonchev–Trinajstić information content (AvgIpc) is 2.32. The van der Waals surface area contributed by atoms with Gasteiger partial charge in [0.25, 0.3) is 0 Å². The number of benzene rings is 1. The van der Waals surface area contributed by atoms with Gasteiger partial charge in [0.2, 0.25) is 0 Å². The smallest absolute Gasteiger partial charge is 0.410 e. The van der Waals surface area contributed by atoms with Crippen LogP contribution < -0.4 is 20.7 Å². The Balaban J connectivity index is 2.55. The number of rotatable bonds is 3. The minimum atomic E-state index is -0.500. The zero-order chi connectivity index (χ0) is 12.7. The van der Waals surface area contributed by atoms with Gasteiger partial charge in [-0.3, -0.25) is 0 Å². The maximum absolute atomic E-state index is 11.1. The lowest BCUT2D eigenvalue weighted by molar-refractivity contribution is 0.201. The van der Waals surface area contributed by atoms with E-state index in [4.69, 9.17) is 4.74 Å². The molecule has 0 aliphatic heterocycles. The highest BCUT2D eigenvalue weighted by Gasteiger charge is 2.03. The SMILES string of the molecule is CCNC(=O)Oc1ccc(NC(=O)NC)cc1. The van der Waals surface area contributed by atoms with Crippen LogP contribution in [-0.4, -0.2) is 25.7 Å². The Morgan fingerprint density at radius 3 is 2.41 bits per heavy atom. The molecule has 0 unspecified atom stereocenters. The second kappa shape index (κ2) is 6.37. The summed E-state index contributed by atoms with van der Waals surface area (Å²) >= 11 is 0. The standard InChI is InChI=1S/C11H15N3O3/c1-3-13-11(16)17-9-6-4-8(5-7-9)14-10(15)12-2/h4-7H,3H2,1-2H3,(H,13,16)(H2,12,14,15).